The second-order valence-electron chi connectivity index (χ2n) is 6.21. The van der Waals surface area contributed by atoms with Crippen LogP contribution in [0.4, 0.5) is 13.2 Å². The molecule has 3 heterocycles. The third kappa shape index (κ3) is 3.79. The Morgan fingerprint density at radius 1 is 1.27 bits per heavy atom. The van der Waals surface area contributed by atoms with E-state index in [9.17, 15) is 18.0 Å². The molecule has 1 aliphatic rings. The lowest BCUT2D eigenvalue weighted by molar-refractivity contribution is -0.137. The van der Waals surface area contributed by atoms with Gasteiger partial charge in [0.1, 0.15) is 5.82 Å². The van der Waals surface area contributed by atoms with Gasteiger partial charge in [0.15, 0.2) is 5.65 Å². The van der Waals surface area contributed by atoms with Gasteiger partial charge >= 0.3 is 6.18 Å². The third-order valence-corrected chi connectivity index (χ3v) is 4.40. The summed E-state index contributed by atoms with van der Waals surface area (Å²) in [5.74, 6) is 0.194. The van der Waals surface area contributed by atoms with Crippen molar-refractivity contribution in [3.8, 4) is 0 Å². The van der Waals surface area contributed by atoms with Gasteiger partial charge in [0.25, 0.3) is 0 Å². The first-order chi connectivity index (χ1) is 12.4. The number of halogens is 3. The van der Waals surface area contributed by atoms with Gasteiger partial charge in [0.05, 0.1) is 5.56 Å². The Hall–Kier alpha value is -2.64. The summed E-state index contributed by atoms with van der Waals surface area (Å²) in [5, 5.41) is 8.06. The maximum absolute atomic E-state index is 13.0. The highest BCUT2D eigenvalue weighted by atomic mass is 19.4. The van der Waals surface area contributed by atoms with E-state index in [1.165, 1.54) is 16.5 Å². The van der Waals surface area contributed by atoms with Crippen LogP contribution in [0.2, 0.25) is 0 Å². The summed E-state index contributed by atoms with van der Waals surface area (Å²) >= 11 is 0. The SMILES string of the molecule is C/C=C/C=C/C(=O)N1CCCC(c2nnc3ccc(C(F)(F)F)cn23)C1. The molecule has 1 aliphatic heterocycles. The molecule has 2 aromatic heterocycles. The van der Waals surface area contributed by atoms with Gasteiger partial charge in [-0.1, -0.05) is 18.2 Å². The second-order valence-corrected chi connectivity index (χ2v) is 6.21. The molecule has 1 saturated heterocycles. The van der Waals surface area contributed by atoms with Crippen molar-refractivity contribution < 1.29 is 18.0 Å². The Kier molecular flexibility index (Phi) is 5.11. The third-order valence-electron chi connectivity index (χ3n) is 4.40. The van der Waals surface area contributed by atoms with Crippen LogP contribution in [0.3, 0.4) is 0 Å². The van der Waals surface area contributed by atoms with Gasteiger partial charge in [0.2, 0.25) is 5.91 Å². The second kappa shape index (κ2) is 7.31. The maximum Gasteiger partial charge on any atom is 0.417 e. The van der Waals surface area contributed by atoms with Gasteiger partial charge in [-0.15, -0.1) is 10.2 Å². The molecule has 0 aromatic carbocycles. The smallest absolute Gasteiger partial charge is 0.338 e. The van der Waals surface area contributed by atoms with Crippen molar-refractivity contribution in [1.29, 1.82) is 0 Å². The molecule has 0 saturated carbocycles. The Morgan fingerprint density at radius 2 is 2.08 bits per heavy atom. The van der Waals surface area contributed by atoms with Crippen molar-refractivity contribution in [2.75, 3.05) is 13.1 Å². The molecule has 1 fully saturated rings. The Labute approximate surface area is 148 Å². The highest BCUT2D eigenvalue weighted by Crippen LogP contribution is 2.31. The topological polar surface area (TPSA) is 50.5 Å². The fourth-order valence-electron chi connectivity index (χ4n) is 3.10. The van der Waals surface area contributed by atoms with E-state index >= 15 is 0 Å². The Morgan fingerprint density at radius 3 is 2.81 bits per heavy atom. The van der Waals surface area contributed by atoms with Crippen molar-refractivity contribution in [3.05, 3.63) is 54.0 Å². The molecular formula is C18H19F3N4O. The summed E-state index contributed by atoms with van der Waals surface area (Å²) in [6.45, 7) is 2.90. The lowest BCUT2D eigenvalue weighted by atomic mass is 9.97. The van der Waals surface area contributed by atoms with Gasteiger partial charge in [-0.05, 0) is 31.9 Å². The number of amides is 1. The lowest BCUT2D eigenvalue weighted by Crippen LogP contribution is -2.38. The number of pyridine rings is 1. The normalized spacial score (nSPS) is 19.1. The van der Waals surface area contributed by atoms with E-state index in [1.54, 1.807) is 17.1 Å². The first-order valence-corrected chi connectivity index (χ1v) is 8.40. The summed E-state index contributed by atoms with van der Waals surface area (Å²) in [6.07, 6.45) is 4.87. The number of hydrogen-bond acceptors (Lipinski definition) is 3. The standard InChI is InChI=1S/C18H19F3N4O/c1-2-3-4-7-16(26)24-10-5-6-13(11-24)17-23-22-15-9-8-14(12-25(15)17)18(19,20)21/h2-4,7-9,12-13H,5-6,10-11H2,1H3/b3-2+,7-4+. The fourth-order valence-corrected chi connectivity index (χ4v) is 3.10. The highest BCUT2D eigenvalue weighted by molar-refractivity contribution is 5.88. The molecule has 0 N–H and O–H groups in total. The molecule has 0 aliphatic carbocycles. The summed E-state index contributed by atoms with van der Waals surface area (Å²) < 4.78 is 40.4. The summed E-state index contributed by atoms with van der Waals surface area (Å²) in [6, 6.07) is 2.31. The van der Waals surface area contributed by atoms with Crippen molar-refractivity contribution in [2.24, 2.45) is 0 Å². The molecule has 3 rings (SSSR count). The molecule has 0 spiro atoms. The minimum Gasteiger partial charge on any atom is -0.338 e. The van der Waals surface area contributed by atoms with Gasteiger partial charge in [-0.2, -0.15) is 13.2 Å². The van der Waals surface area contributed by atoms with Crippen LogP contribution in [-0.4, -0.2) is 38.5 Å². The lowest BCUT2D eigenvalue weighted by Gasteiger charge is -2.31. The molecule has 0 radical (unpaired) electrons. The molecular weight excluding hydrogens is 345 g/mol. The minimum atomic E-state index is -4.43. The van der Waals surface area contributed by atoms with Crippen molar-refractivity contribution in [1.82, 2.24) is 19.5 Å². The van der Waals surface area contributed by atoms with Crippen LogP contribution >= 0.6 is 0 Å². The quantitative estimate of drug-likeness (QED) is 0.618. The molecule has 26 heavy (non-hydrogen) atoms. The van der Waals surface area contributed by atoms with E-state index in [1.807, 2.05) is 13.0 Å². The Balaban J connectivity index is 1.85. The highest BCUT2D eigenvalue weighted by Gasteiger charge is 2.32. The number of aromatic nitrogens is 3. The van der Waals surface area contributed by atoms with E-state index in [0.29, 0.717) is 24.6 Å². The number of hydrogen-bond donors (Lipinski definition) is 0. The zero-order valence-corrected chi connectivity index (χ0v) is 14.3. The molecule has 138 valence electrons. The number of allylic oxidation sites excluding steroid dienone is 3. The van der Waals surface area contributed by atoms with Crippen LogP contribution in [0.1, 0.15) is 37.1 Å². The van der Waals surface area contributed by atoms with Gasteiger partial charge in [-0.3, -0.25) is 9.20 Å². The number of likely N-dealkylation sites (tertiary alicyclic amines) is 1. The van der Waals surface area contributed by atoms with E-state index in [0.717, 1.165) is 25.1 Å². The van der Waals surface area contributed by atoms with Gasteiger partial charge < -0.3 is 4.90 Å². The van der Waals surface area contributed by atoms with Crippen LogP contribution in [0.25, 0.3) is 5.65 Å². The molecule has 2 aromatic rings. The van der Waals surface area contributed by atoms with Crippen molar-refractivity contribution in [2.45, 2.75) is 31.9 Å². The Bertz CT molecular complexity index is 854. The number of fused-ring (bicyclic) bond motifs is 1. The monoisotopic (exact) mass is 364 g/mol. The summed E-state index contributed by atoms with van der Waals surface area (Å²) in [7, 11) is 0. The van der Waals surface area contributed by atoms with E-state index < -0.39 is 11.7 Å². The fraction of sp³-hybridized carbons (Fsp3) is 0.389. The zero-order chi connectivity index (χ0) is 18.7. The number of carbonyl (C=O) groups excluding carboxylic acids is 1. The van der Waals surface area contributed by atoms with Gasteiger partial charge in [-0.25, -0.2) is 0 Å². The van der Waals surface area contributed by atoms with E-state index in [-0.39, 0.29) is 11.8 Å². The minimum absolute atomic E-state index is 0.113. The van der Waals surface area contributed by atoms with Crippen LogP contribution in [0.5, 0.6) is 0 Å². The van der Waals surface area contributed by atoms with Crippen LogP contribution < -0.4 is 0 Å². The number of rotatable bonds is 3. The first kappa shape index (κ1) is 18.2. The molecule has 1 unspecified atom stereocenters. The molecule has 1 amide bonds. The molecule has 1 atom stereocenters. The maximum atomic E-state index is 13.0. The predicted molar refractivity (Wildman–Crippen MR) is 90.5 cm³/mol. The molecule has 5 nitrogen and oxygen atoms in total. The average molecular weight is 364 g/mol. The van der Waals surface area contributed by atoms with Crippen molar-refractivity contribution >= 4 is 11.6 Å². The zero-order valence-electron chi connectivity index (χ0n) is 14.3. The van der Waals surface area contributed by atoms with Crippen molar-refractivity contribution in [3.63, 3.8) is 0 Å². The van der Waals surface area contributed by atoms with E-state index in [2.05, 4.69) is 10.2 Å². The number of nitrogens with zero attached hydrogens (tertiary/aromatic N) is 4. The van der Waals surface area contributed by atoms with Crippen LogP contribution in [0, 0.1) is 0 Å². The summed E-state index contributed by atoms with van der Waals surface area (Å²) in [5.41, 5.74) is -0.381. The van der Waals surface area contributed by atoms with Gasteiger partial charge in [0, 0.05) is 31.3 Å². The van der Waals surface area contributed by atoms with Crippen LogP contribution in [0.15, 0.2) is 42.6 Å². The molecule has 0 bridgehead atoms. The molecule has 8 heteroatoms. The number of alkyl halides is 3. The number of carbonyl (C=O) groups is 1. The average Bonchev–Trinajstić information content (AvgIpc) is 3.04. The first-order valence-electron chi connectivity index (χ1n) is 8.40. The largest absolute Gasteiger partial charge is 0.417 e. The summed E-state index contributed by atoms with van der Waals surface area (Å²) in [4.78, 5) is 13.9. The van der Waals surface area contributed by atoms with E-state index in [4.69, 9.17) is 0 Å². The van der Waals surface area contributed by atoms with Crippen LogP contribution in [-0.2, 0) is 11.0 Å². The predicted octanol–water partition coefficient (Wildman–Crippen LogP) is 3.59. The number of piperidine rings is 1.